The third-order valence-corrected chi connectivity index (χ3v) is 4.09. The van der Waals surface area contributed by atoms with Gasteiger partial charge in [-0.15, -0.1) is 0 Å². The van der Waals surface area contributed by atoms with E-state index in [1.807, 2.05) is 0 Å². The van der Waals surface area contributed by atoms with Crippen molar-refractivity contribution >= 4 is 0 Å². The monoisotopic (exact) mass is 276 g/mol. The molecule has 2 atom stereocenters. The highest BCUT2D eigenvalue weighted by Gasteiger charge is 2.22. The quantitative estimate of drug-likeness (QED) is 0.895. The molecule has 0 aliphatic carbocycles. The Balaban J connectivity index is 1.82. The van der Waals surface area contributed by atoms with E-state index < -0.39 is 0 Å². The number of aryl methyl sites for hydroxylation is 1. The molecular weight excluding hydrogens is 248 g/mol. The van der Waals surface area contributed by atoms with Gasteiger partial charge in [-0.2, -0.15) is 0 Å². The van der Waals surface area contributed by atoms with Gasteiger partial charge in [0.25, 0.3) is 0 Å². The molecule has 20 heavy (non-hydrogen) atoms. The van der Waals surface area contributed by atoms with Crippen molar-refractivity contribution in [2.24, 2.45) is 0 Å². The highest BCUT2D eigenvalue weighted by molar-refractivity contribution is 5.24. The number of nitrogens with one attached hydrogen (secondary N) is 1. The smallest absolute Gasteiger partial charge is 0.0827 e. The van der Waals surface area contributed by atoms with Crippen molar-refractivity contribution in [2.45, 2.75) is 45.9 Å². The lowest BCUT2D eigenvalue weighted by molar-refractivity contribution is -0.0379. The van der Waals surface area contributed by atoms with Crippen LogP contribution >= 0.6 is 0 Å². The van der Waals surface area contributed by atoms with Crippen molar-refractivity contribution in [2.75, 3.05) is 26.2 Å². The molecule has 3 heteroatoms. The summed E-state index contributed by atoms with van der Waals surface area (Å²) in [4.78, 5) is 2.49. The molecule has 1 saturated heterocycles. The zero-order chi connectivity index (χ0) is 14.5. The van der Waals surface area contributed by atoms with Crippen LogP contribution in [-0.2, 0) is 4.74 Å². The largest absolute Gasteiger partial charge is 0.374 e. The van der Waals surface area contributed by atoms with Crippen molar-refractivity contribution in [3.05, 3.63) is 35.4 Å². The van der Waals surface area contributed by atoms with Gasteiger partial charge in [0, 0.05) is 31.7 Å². The van der Waals surface area contributed by atoms with E-state index in [-0.39, 0.29) is 0 Å². The van der Waals surface area contributed by atoms with Crippen LogP contribution in [0.3, 0.4) is 0 Å². The lowest BCUT2D eigenvalue weighted by Crippen LogP contribution is -2.49. The minimum Gasteiger partial charge on any atom is -0.374 e. The Bertz CT molecular complexity index is 419. The van der Waals surface area contributed by atoms with Crippen LogP contribution in [0, 0.1) is 6.92 Å². The van der Waals surface area contributed by atoms with Crippen LogP contribution in [0.15, 0.2) is 24.3 Å². The van der Waals surface area contributed by atoms with Crippen molar-refractivity contribution in [1.29, 1.82) is 0 Å². The molecule has 0 saturated carbocycles. The summed E-state index contributed by atoms with van der Waals surface area (Å²) in [6, 6.07) is 9.68. The van der Waals surface area contributed by atoms with Crippen LogP contribution < -0.4 is 5.32 Å². The van der Waals surface area contributed by atoms with Crippen molar-refractivity contribution in [3.63, 3.8) is 0 Å². The molecule has 0 spiro atoms. The van der Waals surface area contributed by atoms with Crippen LogP contribution in [0.25, 0.3) is 0 Å². The first kappa shape index (κ1) is 15.5. The number of benzene rings is 1. The summed E-state index contributed by atoms with van der Waals surface area (Å²) in [7, 11) is 0. The van der Waals surface area contributed by atoms with E-state index in [1.165, 1.54) is 11.1 Å². The van der Waals surface area contributed by atoms with E-state index in [9.17, 15) is 0 Å². The Morgan fingerprint density at radius 2 is 2.15 bits per heavy atom. The lowest BCUT2D eigenvalue weighted by Gasteiger charge is -2.36. The number of rotatable bonds is 5. The zero-order valence-corrected chi connectivity index (χ0v) is 13.2. The predicted octanol–water partition coefficient (Wildman–Crippen LogP) is 2.75. The third kappa shape index (κ3) is 4.30. The number of hydrogen-bond acceptors (Lipinski definition) is 3. The van der Waals surface area contributed by atoms with Gasteiger partial charge < -0.3 is 10.1 Å². The third-order valence-electron chi connectivity index (χ3n) is 4.09. The molecule has 0 bridgehead atoms. The zero-order valence-electron chi connectivity index (χ0n) is 13.2. The van der Waals surface area contributed by atoms with Crippen LogP contribution in [0.1, 0.15) is 37.9 Å². The number of nitrogens with zero attached hydrogens (tertiary/aromatic N) is 1. The Hall–Kier alpha value is -0.900. The van der Waals surface area contributed by atoms with Crippen LogP contribution in [0.5, 0.6) is 0 Å². The fourth-order valence-corrected chi connectivity index (χ4v) is 2.70. The molecule has 1 aromatic rings. The summed E-state index contributed by atoms with van der Waals surface area (Å²) in [6.07, 6.45) is 0.304. The van der Waals surface area contributed by atoms with Gasteiger partial charge in [-0.05, 0) is 33.3 Å². The molecule has 1 N–H and O–H groups in total. The van der Waals surface area contributed by atoms with Gasteiger partial charge in [-0.25, -0.2) is 0 Å². The van der Waals surface area contributed by atoms with E-state index in [4.69, 9.17) is 4.74 Å². The molecule has 0 radical (unpaired) electrons. The molecule has 1 unspecified atom stereocenters. The molecule has 1 aromatic carbocycles. The van der Waals surface area contributed by atoms with Gasteiger partial charge in [-0.1, -0.05) is 29.8 Å². The first-order valence-electron chi connectivity index (χ1n) is 7.72. The van der Waals surface area contributed by atoms with Crippen molar-refractivity contribution in [1.82, 2.24) is 10.2 Å². The second-order valence-corrected chi connectivity index (χ2v) is 6.13. The maximum absolute atomic E-state index is 5.86. The van der Waals surface area contributed by atoms with Crippen LogP contribution in [0.2, 0.25) is 0 Å². The van der Waals surface area contributed by atoms with E-state index in [2.05, 4.69) is 62.2 Å². The summed E-state index contributed by atoms with van der Waals surface area (Å²) < 4.78 is 5.86. The standard InChI is InChI=1S/C17H28N2O/c1-13(2)19-8-9-20-17(12-19)11-18-15(4)16-7-5-6-14(3)10-16/h5-7,10,13,15,17-18H,8-9,11-12H2,1-4H3/t15-,17?/m0/s1. The highest BCUT2D eigenvalue weighted by atomic mass is 16.5. The molecule has 3 nitrogen and oxygen atoms in total. The van der Waals surface area contributed by atoms with E-state index in [0.29, 0.717) is 18.2 Å². The summed E-state index contributed by atoms with van der Waals surface area (Å²) >= 11 is 0. The number of morpholine rings is 1. The predicted molar refractivity (Wildman–Crippen MR) is 84.0 cm³/mol. The first-order chi connectivity index (χ1) is 9.56. The molecule has 0 aromatic heterocycles. The fraction of sp³-hybridized carbons (Fsp3) is 0.647. The fourth-order valence-electron chi connectivity index (χ4n) is 2.70. The van der Waals surface area contributed by atoms with Gasteiger partial charge in [-0.3, -0.25) is 4.90 Å². The number of ether oxygens (including phenoxy) is 1. The maximum atomic E-state index is 5.86. The minimum absolute atomic E-state index is 0.304. The van der Waals surface area contributed by atoms with Gasteiger partial charge in [0.2, 0.25) is 0 Å². The molecule has 1 aliphatic rings. The van der Waals surface area contributed by atoms with Gasteiger partial charge in [0.15, 0.2) is 0 Å². The van der Waals surface area contributed by atoms with Gasteiger partial charge in [0.05, 0.1) is 12.7 Å². The molecule has 1 aliphatic heterocycles. The summed E-state index contributed by atoms with van der Waals surface area (Å²) in [5, 5.41) is 3.60. The summed E-state index contributed by atoms with van der Waals surface area (Å²) in [5.41, 5.74) is 2.66. The van der Waals surface area contributed by atoms with Gasteiger partial charge in [0.1, 0.15) is 0 Å². The maximum Gasteiger partial charge on any atom is 0.0827 e. The first-order valence-corrected chi connectivity index (χ1v) is 7.72. The van der Waals surface area contributed by atoms with Gasteiger partial charge >= 0.3 is 0 Å². The lowest BCUT2D eigenvalue weighted by atomic mass is 10.1. The Kier molecular flexibility index (Phi) is 5.58. The SMILES string of the molecule is Cc1cccc([C@H](C)NCC2CN(C(C)C)CCO2)c1. The second kappa shape index (κ2) is 7.21. The van der Waals surface area contributed by atoms with Crippen molar-refractivity contribution < 1.29 is 4.74 Å². The molecule has 112 valence electrons. The Morgan fingerprint density at radius 1 is 1.35 bits per heavy atom. The highest BCUT2D eigenvalue weighted by Crippen LogP contribution is 2.15. The van der Waals surface area contributed by atoms with E-state index >= 15 is 0 Å². The van der Waals surface area contributed by atoms with E-state index in [0.717, 1.165) is 26.2 Å². The van der Waals surface area contributed by atoms with Crippen molar-refractivity contribution in [3.8, 4) is 0 Å². The molecule has 0 amide bonds. The average Bonchev–Trinajstić information content (AvgIpc) is 2.45. The summed E-state index contributed by atoms with van der Waals surface area (Å²) in [5.74, 6) is 0. The Labute approximate surface area is 123 Å². The summed E-state index contributed by atoms with van der Waals surface area (Å²) in [6.45, 7) is 12.7. The van der Waals surface area contributed by atoms with Crippen LogP contribution in [0.4, 0.5) is 0 Å². The Morgan fingerprint density at radius 3 is 2.85 bits per heavy atom. The van der Waals surface area contributed by atoms with E-state index in [1.54, 1.807) is 0 Å². The topological polar surface area (TPSA) is 24.5 Å². The molecule has 1 heterocycles. The second-order valence-electron chi connectivity index (χ2n) is 6.13. The average molecular weight is 276 g/mol. The molecular formula is C17H28N2O. The van der Waals surface area contributed by atoms with Crippen LogP contribution in [-0.4, -0.2) is 43.3 Å². The minimum atomic E-state index is 0.304. The molecule has 2 rings (SSSR count). The number of hydrogen-bond donors (Lipinski definition) is 1. The molecule has 1 fully saturated rings. The normalized spacial score (nSPS) is 22.1.